The minimum absolute atomic E-state index is 0.0835. The van der Waals surface area contributed by atoms with Gasteiger partial charge in [0.1, 0.15) is 5.56 Å². The van der Waals surface area contributed by atoms with Crippen molar-refractivity contribution in [2.45, 2.75) is 13.0 Å². The molecule has 0 fully saturated rings. The Labute approximate surface area is 117 Å². The lowest BCUT2D eigenvalue weighted by molar-refractivity contribution is 0.102. The first-order chi connectivity index (χ1) is 9.61. The van der Waals surface area contributed by atoms with Crippen LogP contribution in [-0.2, 0) is 0 Å². The highest BCUT2D eigenvalue weighted by Gasteiger charge is 2.13. The Kier molecular flexibility index (Phi) is 4.32. The second-order valence-electron chi connectivity index (χ2n) is 4.43. The molecule has 0 aliphatic heterocycles. The van der Waals surface area contributed by atoms with Crippen LogP contribution in [0.25, 0.3) is 0 Å². The van der Waals surface area contributed by atoms with E-state index < -0.39 is 0 Å². The summed E-state index contributed by atoms with van der Waals surface area (Å²) in [6, 6.07) is 10.7. The Morgan fingerprint density at radius 2 is 2.15 bits per heavy atom. The molecule has 0 radical (unpaired) electrons. The number of nitrogens with two attached hydrogens (primary N) is 1. The van der Waals surface area contributed by atoms with Crippen LogP contribution in [0.1, 0.15) is 28.9 Å². The van der Waals surface area contributed by atoms with E-state index in [4.69, 9.17) is 10.5 Å². The van der Waals surface area contributed by atoms with Crippen molar-refractivity contribution >= 4 is 11.6 Å². The van der Waals surface area contributed by atoms with E-state index in [9.17, 15) is 4.79 Å². The molecule has 0 spiro atoms. The number of amides is 1. The third kappa shape index (κ3) is 3.13. The molecule has 0 bridgehead atoms. The van der Waals surface area contributed by atoms with Crippen LogP contribution in [0.5, 0.6) is 5.88 Å². The smallest absolute Gasteiger partial charge is 0.261 e. The number of nitrogens with one attached hydrogen (secondary N) is 1. The zero-order valence-corrected chi connectivity index (χ0v) is 11.5. The molecule has 1 unspecified atom stereocenters. The molecule has 3 N–H and O–H groups in total. The van der Waals surface area contributed by atoms with E-state index in [1.807, 2.05) is 31.2 Å². The SMILES string of the molecule is COc1ncccc1C(=O)Nc1cccc(C(C)N)c1. The number of carbonyl (C=O) groups is 1. The van der Waals surface area contributed by atoms with Gasteiger partial charge < -0.3 is 15.8 Å². The third-order valence-electron chi connectivity index (χ3n) is 2.88. The number of aromatic nitrogens is 1. The number of pyridine rings is 1. The van der Waals surface area contributed by atoms with E-state index in [1.165, 1.54) is 7.11 Å². The highest BCUT2D eigenvalue weighted by atomic mass is 16.5. The molecule has 1 atom stereocenters. The number of nitrogens with zero attached hydrogens (tertiary/aromatic N) is 1. The number of hydrogen-bond acceptors (Lipinski definition) is 4. The molecule has 1 heterocycles. The van der Waals surface area contributed by atoms with Gasteiger partial charge in [0.2, 0.25) is 5.88 Å². The van der Waals surface area contributed by atoms with Crippen LogP contribution in [0.3, 0.4) is 0 Å². The quantitative estimate of drug-likeness (QED) is 0.895. The zero-order chi connectivity index (χ0) is 14.5. The van der Waals surface area contributed by atoms with Crippen molar-refractivity contribution in [3.8, 4) is 5.88 Å². The molecule has 104 valence electrons. The molecule has 5 heteroatoms. The second kappa shape index (κ2) is 6.16. The van der Waals surface area contributed by atoms with Crippen LogP contribution in [0.4, 0.5) is 5.69 Å². The fraction of sp³-hybridized carbons (Fsp3) is 0.200. The molecule has 20 heavy (non-hydrogen) atoms. The maximum atomic E-state index is 12.2. The van der Waals surface area contributed by atoms with E-state index in [1.54, 1.807) is 18.3 Å². The highest BCUT2D eigenvalue weighted by molar-refractivity contribution is 6.05. The Morgan fingerprint density at radius 3 is 2.85 bits per heavy atom. The summed E-state index contributed by atoms with van der Waals surface area (Å²) >= 11 is 0. The van der Waals surface area contributed by atoms with Crippen LogP contribution in [0.2, 0.25) is 0 Å². The van der Waals surface area contributed by atoms with Gasteiger partial charge in [0.05, 0.1) is 7.11 Å². The molecular weight excluding hydrogens is 254 g/mol. The predicted molar refractivity (Wildman–Crippen MR) is 77.8 cm³/mol. The lowest BCUT2D eigenvalue weighted by Crippen LogP contribution is -2.14. The van der Waals surface area contributed by atoms with E-state index in [-0.39, 0.29) is 11.9 Å². The first-order valence-electron chi connectivity index (χ1n) is 6.27. The molecule has 2 aromatic rings. The van der Waals surface area contributed by atoms with Gasteiger partial charge in [0.15, 0.2) is 0 Å². The maximum absolute atomic E-state index is 12.2. The minimum atomic E-state index is -0.267. The lowest BCUT2D eigenvalue weighted by atomic mass is 10.1. The van der Waals surface area contributed by atoms with Crippen molar-refractivity contribution in [1.82, 2.24) is 4.98 Å². The molecule has 1 amide bonds. The van der Waals surface area contributed by atoms with Gasteiger partial charge in [-0.25, -0.2) is 4.98 Å². The van der Waals surface area contributed by atoms with Gasteiger partial charge in [-0.1, -0.05) is 12.1 Å². The number of rotatable bonds is 4. The maximum Gasteiger partial charge on any atom is 0.261 e. The van der Waals surface area contributed by atoms with Crippen molar-refractivity contribution in [3.63, 3.8) is 0 Å². The van der Waals surface area contributed by atoms with Gasteiger partial charge >= 0.3 is 0 Å². The van der Waals surface area contributed by atoms with E-state index in [2.05, 4.69) is 10.3 Å². The number of ether oxygens (including phenoxy) is 1. The first-order valence-corrected chi connectivity index (χ1v) is 6.27. The van der Waals surface area contributed by atoms with Crippen molar-refractivity contribution in [3.05, 3.63) is 53.7 Å². The van der Waals surface area contributed by atoms with Crippen molar-refractivity contribution in [2.24, 2.45) is 5.73 Å². The summed E-state index contributed by atoms with van der Waals surface area (Å²) < 4.78 is 5.07. The topological polar surface area (TPSA) is 77.2 Å². The molecule has 1 aromatic carbocycles. The Morgan fingerprint density at radius 1 is 1.35 bits per heavy atom. The predicted octanol–water partition coefficient (Wildman–Crippen LogP) is 2.36. The average Bonchev–Trinajstić information content (AvgIpc) is 2.47. The number of carbonyl (C=O) groups excluding carboxylic acids is 1. The monoisotopic (exact) mass is 271 g/mol. The molecule has 5 nitrogen and oxygen atoms in total. The summed E-state index contributed by atoms with van der Waals surface area (Å²) in [7, 11) is 1.48. The van der Waals surface area contributed by atoms with E-state index in [0.717, 1.165) is 5.56 Å². The summed E-state index contributed by atoms with van der Waals surface area (Å²) in [4.78, 5) is 16.2. The van der Waals surface area contributed by atoms with Gasteiger partial charge in [0.25, 0.3) is 5.91 Å². The average molecular weight is 271 g/mol. The molecule has 0 saturated heterocycles. The third-order valence-corrected chi connectivity index (χ3v) is 2.88. The summed E-state index contributed by atoms with van der Waals surface area (Å²) in [6.45, 7) is 1.89. The fourth-order valence-corrected chi connectivity index (χ4v) is 1.82. The Balaban J connectivity index is 2.21. The van der Waals surface area contributed by atoms with Gasteiger partial charge in [-0.05, 0) is 36.8 Å². The standard InChI is InChI=1S/C15H17N3O2/c1-10(16)11-5-3-6-12(9-11)18-14(19)13-7-4-8-17-15(13)20-2/h3-10H,16H2,1-2H3,(H,18,19). The van der Waals surface area contributed by atoms with Gasteiger partial charge in [-0.15, -0.1) is 0 Å². The molecule has 2 rings (SSSR count). The van der Waals surface area contributed by atoms with Crippen molar-refractivity contribution < 1.29 is 9.53 Å². The van der Waals surface area contributed by atoms with Crippen molar-refractivity contribution in [1.29, 1.82) is 0 Å². The molecule has 0 saturated carbocycles. The molecule has 0 aliphatic carbocycles. The van der Waals surface area contributed by atoms with Gasteiger partial charge in [0, 0.05) is 17.9 Å². The van der Waals surface area contributed by atoms with E-state index in [0.29, 0.717) is 17.1 Å². The minimum Gasteiger partial charge on any atom is -0.480 e. The fourth-order valence-electron chi connectivity index (χ4n) is 1.82. The normalized spacial score (nSPS) is 11.8. The largest absolute Gasteiger partial charge is 0.480 e. The molecule has 1 aromatic heterocycles. The van der Waals surface area contributed by atoms with Crippen LogP contribution < -0.4 is 15.8 Å². The Bertz CT molecular complexity index is 612. The molecule has 0 aliphatic rings. The summed E-state index contributed by atoms with van der Waals surface area (Å²) in [6.07, 6.45) is 1.58. The molecular formula is C15H17N3O2. The number of hydrogen-bond donors (Lipinski definition) is 2. The summed E-state index contributed by atoms with van der Waals surface area (Å²) in [5, 5.41) is 2.81. The van der Waals surface area contributed by atoms with Gasteiger partial charge in [-0.3, -0.25) is 4.79 Å². The Hall–Kier alpha value is -2.40. The highest BCUT2D eigenvalue weighted by Crippen LogP contribution is 2.19. The van der Waals surface area contributed by atoms with Crippen LogP contribution >= 0.6 is 0 Å². The number of benzene rings is 1. The lowest BCUT2D eigenvalue weighted by Gasteiger charge is -2.10. The van der Waals surface area contributed by atoms with E-state index >= 15 is 0 Å². The van der Waals surface area contributed by atoms with Crippen LogP contribution in [0, 0.1) is 0 Å². The zero-order valence-electron chi connectivity index (χ0n) is 11.5. The summed E-state index contributed by atoms with van der Waals surface area (Å²) in [5.41, 5.74) is 7.87. The number of anilines is 1. The number of methoxy groups -OCH3 is 1. The van der Waals surface area contributed by atoms with Crippen molar-refractivity contribution in [2.75, 3.05) is 12.4 Å². The summed E-state index contributed by atoms with van der Waals surface area (Å²) in [5.74, 6) is 0.0325. The first kappa shape index (κ1) is 14.0. The second-order valence-corrected chi connectivity index (χ2v) is 4.43. The van der Waals surface area contributed by atoms with Gasteiger partial charge in [-0.2, -0.15) is 0 Å². The van der Waals surface area contributed by atoms with Crippen LogP contribution in [-0.4, -0.2) is 18.0 Å². The van der Waals surface area contributed by atoms with Crippen LogP contribution in [0.15, 0.2) is 42.6 Å².